The Kier molecular flexibility index (Phi) is 9.66. The van der Waals surface area contributed by atoms with E-state index in [0.717, 1.165) is 12.8 Å². The van der Waals surface area contributed by atoms with Crippen molar-refractivity contribution in [3.05, 3.63) is 0 Å². The monoisotopic (exact) mass is 246 g/mol. The minimum Gasteiger partial charge on any atom is -0.466 e. The second-order valence-electron chi connectivity index (χ2n) is 4.63. The molecule has 0 saturated heterocycles. The maximum absolute atomic E-state index is 11.5. The number of amides is 1. The molecule has 102 valence electrons. The Morgan fingerprint density at radius 2 is 1.88 bits per heavy atom. The lowest BCUT2D eigenvalue weighted by molar-refractivity contribution is -0.141. The molecule has 0 unspecified atom stereocenters. The number of ether oxygens (including phenoxy) is 1. The fourth-order valence-corrected chi connectivity index (χ4v) is 1.29. The lowest BCUT2D eigenvalue weighted by Gasteiger charge is -2.26. The third-order valence-electron chi connectivity index (χ3n) is 2.27. The van der Waals surface area contributed by atoms with E-state index in [-0.39, 0.29) is 23.6 Å². The minimum absolute atomic E-state index is 0. The molecule has 0 atom stereocenters. The van der Waals surface area contributed by atoms with Crippen molar-refractivity contribution in [2.45, 2.75) is 58.9 Å². The predicted molar refractivity (Wildman–Crippen MR) is 68.0 cm³/mol. The van der Waals surface area contributed by atoms with E-state index in [9.17, 15) is 9.59 Å². The number of esters is 1. The Morgan fingerprint density at radius 3 is 2.35 bits per heavy atom. The molecule has 0 aliphatic heterocycles. The molecule has 0 spiro atoms. The van der Waals surface area contributed by atoms with Gasteiger partial charge in [0.05, 0.1) is 6.61 Å². The molecular formula is C12H26N2O3. The third-order valence-corrected chi connectivity index (χ3v) is 2.27. The summed E-state index contributed by atoms with van der Waals surface area (Å²) in [6.07, 6.45) is 3.12. The summed E-state index contributed by atoms with van der Waals surface area (Å²) in [6.45, 7) is 7.64. The van der Waals surface area contributed by atoms with Crippen LogP contribution in [0.2, 0.25) is 0 Å². The number of carbonyl (C=O) groups excluding carboxylic acids is 2. The van der Waals surface area contributed by atoms with Crippen molar-refractivity contribution in [2.75, 3.05) is 6.61 Å². The van der Waals surface area contributed by atoms with Gasteiger partial charge in [-0.25, -0.2) is 0 Å². The van der Waals surface area contributed by atoms with E-state index in [1.165, 1.54) is 6.92 Å². The number of nitrogens with one attached hydrogen (secondary N) is 1. The summed E-state index contributed by atoms with van der Waals surface area (Å²) in [5, 5.41) is 2.93. The summed E-state index contributed by atoms with van der Waals surface area (Å²) in [5.41, 5.74) is -0.319. The first-order valence-corrected chi connectivity index (χ1v) is 5.82. The third kappa shape index (κ3) is 11.2. The van der Waals surface area contributed by atoms with E-state index in [1.54, 1.807) is 0 Å². The van der Waals surface area contributed by atoms with Gasteiger partial charge in [-0.1, -0.05) is 13.3 Å². The number of rotatable bonds is 7. The Balaban J connectivity index is 0. The SMILES string of the molecule is CCCCC(=O)NC(C)(C)CCOC(C)=O.N. The first-order valence-electron chi connectivity index (χ1n) is 5.82. The molecule has 0 fully saturated rings. The summed E-state index contributed by atoms with van der Waals surface area (Å²) in [4.78, 5) is 22.1. The summed E-state index contributed by atoms with van der Waals surface area (Å²) in [6, 6.07) is 0. The van der Waals surface area contributed by atoms with Crippen LogP contribution in [0.25, 0.3) is 0 Å². The smallest absolute Gasteiger partial charge is 0.302 e. The zero-order chi connectivity index (χ0) is 12.6. The molecule has 0 aliphatic rings. The van der Waals surface area contributed by atoms with Crippen molar-refractivity contribution in [1.82, 2.24) is 11.5 Å². The topological polar surface area (TPSA) is 90.4 Å². The highest BCUT2D eigenvalue weighted by Gasteiger charge is 2.20. The molecule has 1 amide bonds. The van der Waals surface area contributed by atoms with E-state index in [0.29, 0.717) is 19.4 Å². The maximum Gasteiger partial charge on any atom is 0.302 e. The van der Waals surface area contributed by atoms with Crippen LogP contribution >= 0.6 is 0 Å². The molecule has 0 saturated carbocycles. The average Bonchev–Trinajstić information content (AvgIpc) is 2.12. The molecule has 0 aromatic carbocycles. The largest absolute Gasteiger partial charge is 0.466 e. The van der Waals surface area contributed by atoms with E-state index < -0.39 is 0 Å². The van der Waals surface area contributed by atoms with Crippen molar-refractivity contribution < 1.29 is 14.3 Å². The molecule has 0 radical (unpaired) electrons. The van der Waals surface area contributed by atoms with Crippen LogP contribution in [-0.2, 0) is 14.3 Å². The molecular weight excluding hydrogens is 220 g/mol. The van der Waals surface area contributed by atoms with Crippen LogP contribution in [0.1, 0.15) is 53.4 Å². The second kappa shape index (κ2) is 8.98. The molecule has 0 heterocycles. The quantitative estimate of drug-likeness (QED) is 0.674. The van der Waals surface area contributed by atoms with Crippen LogP contribution in [0.4, 0.5) is 0 Å². The molecule has 17 heavy (non-hydrogen) atoms. The molecule has 5 nitrogen and oxygen atoms in total. The number of unbranched alkanes of at least 4 members (excludes halogenated alkanes) is 1. The van der Waals surface area contributed by atoms with Crippen molar-refractivity contribution in [2.24, 2.45) is 0 Å². The van der Waals surface area contributed by atoms with Crippen molar-refractivity contribution >= 4 is 11.9 Å². The van der Waals surface area contributed by atoms with Crippen LogP contribution in [-0.4, -0.2) is 24.0 Å². The van der Waals surface area contributed by atoms with Crippen LogP contribution in [0, 0.1) is 0 Å². The highest BCUT2D eigenvalue weighted by molar-refractivity contribution is 5.76. The molecule has 0 rings (SSSR count). The van der Waals surface area contributed by atoms with Gasteiger partial charge in [0.15, 0.2) is 0 Å². The standard InChI is InChI=1S/C12H23NO3.H3N/c1-5-6-7-11(15)13-12(3,4)8-9-16-10(2)14;/h5-9H2,1-4H3,(H,13,15);1H3. The van der Waals surface area contributed by atoms with Crippen LogP contribution in [0.3, 0.4) is 0 Å². The fourth-order valence-electron chi connectivity index (χ4n) is 1.29. The van der Waals surface area contributed by atoms with E-state index in [4.69, 9.17) is 4.74 Å². The lowest BCUT2D eigenvalue weighted by atomic mass is 10.0. The van der Waals surface area contributed by atoms with Gasteiger partial charge in [0.2, 0.25) is 5.91 Å². The van der Waals surface area contributed by atoms with Crippen molar-refractivity contribution in [3.8, 4) is 0 Å². The van der Waals surface area contributed by atoms with Crippen molar-refractivity contribution in [3.63, 3.8) is 0 Å². The highest BCUT2D eigenvalue weighted by Crippen LogP contribution is 2.09. The van der Waals surface area contributed by atoms with Gasteiger partial charge in [0.25, 0.3) is 0 Å². The molecule has 5 heteroatoms. The van der Waals surface area contributed by atoms with Crippen LogP contribution in [0.15, 0.2) is 0 Å². The summed E-state index contributed by atoms with van der Waals surface area (Å²) in [7, 11) is 0. The Bertz CT molecular complexity index is 240. The van der Waals surface area contributed by atoms with Gasteiger partial charge in [0, 0.05) is 25.3 Å². The zero-order valence-electron chi connectivity index (χ0n) is 11.5. The minimum atomic E-state index is -0.319. The van der Waals surface area contributed by atoms with Gasteiger partial charge >= 0.3 is 5.97 Å². The van der Waals surface area contributed by atoms with Crippen LogP contribution in [0.5, 0.6) is 0 Å². The lowest BCUT2D eigenvalue weighted by Crippen LogP contribution is -2.44. The van der Waals surface area contributed by atoms with E-state index in [1.807, 2.05) is 13.8 Å². The normalized spacial score (nSPS) is 10.4. The maximum atomic E-state index is 11.5. The van der Waals surface area contributed by atoms with Gasteiger partial charge in [-0.3, -0.25) is 9.59 Å². The highest BCUT2D eigenvalue weighted by atomic mass is 16.5. The van der Waals surface area contributed by atoms with Crippen LogP contribution < -0.4 is 11.5 Å². The molecule has 0 aliphatic carbocycles. The van der Waals surface area contributed by atoms with Gasteiger partial charge in [0.1, 0.15) is 0 Å². The fraction of sp³-hybridized carbons (Fsp3) is 0.833. The first kappa shape index (κ1) is 18.3. The van der Waals surface area contributed by atoms with Gasteiger partial charge < -0.3 is 16.2 Å². The Labute approximate surface area is 104 Å². The summed E-state index contributed by atoms with van der Waals surface area (Å²) in [5.74, 6) is -0.220. The second-order valence-corrected chi connectivity index (χ2v) is 4.63. The molecule has 0 aromatic heterocycles. The van der Waals surface area contributed by atoms with Gasteiger partial charge in [-0.15, -0.1) is 0 Å². The van der Waals surface area contributed by atoms with Gasteiger partial charge in [-0.2, -0.15) is 0 Å². The Hall–Kier alpha value is -1.10. The summed E-state index contributed by atoms with van der Waals surface area (Å²) >= 11 is 0. The van der Waals surface area contributed by atoms with Gasteiger partial charge in [-0.05, 0) is 20.3 Å². The van der Waals surface area contributed by atoms with E-state index in [2.05, 4.69) is 12.2 Å². The van der Waals surface area contributed by atoms with E-state index >= 15 is 0 Å². The number of hydrogen-bond donors (Lipinski definition) is 2. The first-order chi connectivity index (χ1) is 7.37. The number of carbonyl (C=O) groups is 2. The molecule has 4 N–H and O–H groups in total. The van der Waals surface area contributed by atoms with Crippen molar-refractivity contribution in [1.29, 1.82) is 0 Å². The number of hydrogen-bond acceptors (Lipinski definition) is 4. The Morgan fingerprint density at radius 1 is 1.29 bits per heavy atom. The molecule has 0 aromatic rings. The average molecular weight is 246 g/mol. The summed E-state index contributed by atoms with van der Waals surface area (Å²) < 4.78 is 4.85. The molecule has 0 bridgehead atoms. The zero-order valence-corrected chi connectivity index (χ0v) is 11.5. The predicted octanol–water partition coefficient (Wildman–Crippen LogP) is 2.19.